The fourth-order valence-electron chi connectivity index (χ4n) is 2.52. The van der Waals surface area contributed by atoms with E-state index in [-0.39, 0.29) is 18.0 Å². The number of ether oxygens (including phenoxy) is 2. The first-order valence-electron chi connectivity index (χ1n) is 8.19. The Labute approximate surface area is 160 Å². The van der Waals surface area contributed by atoms with E-state index in [2.05, 4.69) is 10.6 Å². The molecule has 140 valence electrons. The quantitative estimate of drug-likeness (QED) is 0.740. The summed E-state index contributed by atoms with van der Waals surface area (Å²) < 4.78 is 10.3. The first-order valence-corrected chi connectivity index (χ1v) is 9.18. The van der Waals surface area contributed by atoms with E-state index in [1.807, 2.05) is 18.2 Å². The van der Waals surface area contributed by atoms with E-state index in [0.717, 1.165) is 10.5 Å². The number of hydrogen-bond acceptors (Lipinski definition) is 6. The number of fused-ring (bicyclic) bond motifs is 1. The van der Waals surface area contributed by atoms with Gasteiger partial charge in [-0.1, -0.05) is 18.2 Å². The van der Waals surface area contributed by atoms with Crippen molar-refractivity contribution in [1.29, 1.82) is 0 Å². The van der Waals surface area contributed by atoms with E-state index in [9.17, 15) is 14.4 Å². The molecule has 0 bridgehead atoms. The van der Waals surface area contributed by atoms with E-state index < -0.39 is 18.5 Å². The zero-order chi connectivity index (χ0) is 19.2. The number of amides is 2. The van der Waals surface area contributed by atoms with Crippen molar-refractivity contribution in [3.05, 3.63) is 53.6 Å². The number of thioether (sulfide) groups is 1. The predicted octanol–water partition coefficient (Wildman–Crippen LogP) is 2.21. The molecule has 0 fully saturated rings. The van der Waals surface area contributed by atoms with E-state index in [1.165, 1.54) is 11.8 Å². The van der Waals surface area contributed by atoms with Crippen molar-refractivity contribution in [2.45, 2.75) is 11.4 Å². The molecule has 0 atom stereocenters. The molecule has 27 heavy (non-hydrogen) atoms. The minimum atomic E-state index is -0.630. The van der Waals surface area contributed by atoms with Gasteiger partial charge in [-0.3, -0.25) is 9.59 Å². The van der Waals surface area contributed by atoms with Crippen LogP contribution < -0.4 is 15.4 Å². The van der Waals surface area contributed by atoms with Gasteiger partial charge in [-0.25, -0.2) is 4.79 Å². The van der Waals surface area contributed by atoms with Crippen LogP contribution in [-0.4, -0.2) is 37.3 Å². The van der Waals surface area contributed by atoms with Gasteiger partial charge >= 0.3 is 5.97 Å². The lowest BCUT2D eigenvalue weighted by atomic mass is 10.2. The molecule has 0 aromatic heterocycles. The fraction of sp³-hybridized carbons (Fsp3) is 0.211. The number of para-hydroxylation sites is 1. The fourth-order valence-corrected chi connectivity index (χ4v) is 3.31. The molecule has 2 amide bonds. The molecule has 0 aliphatic carbocycles. The zero-order valence-electron chi connectivity index (χ0n) is 14.6. The average Bonchev–Trinajstić information content (AvgIpc) is 2.70. The molecule has 8 heteroatoms. The average molecular weight is 386 g/mol. The van der Waals surface area contributed by atoms with Gasteiger partial charge in [0.1, 0.15) is 5.75 Å². The van der Waals surface area contributed by atoms with Gasteiger partial charge in [-0.15, -0.1) is 11.8 Å². The lowest BCUT2D eigenvalue weighted by Gasteiger charge is -2.16. The van der Waals surface area contributed by atoms with E-state index in [0.29, 0.717) is 17.2 Å². The van der Waals surface area contributed by atoms with Crippen LogP contribution in [0.15, 0.2) is 47.4 Å². The Morgan fingerprint density at radius 3 is 2.85 bits per heavy atom. The number of hydrogen-bond donors (Lipinski definition) is 2. The summed E-state index contributed by atoms with van der Waals surface area (Å²) in [5, 5.41) is 5.39. The topological polar surface area (TPSA) is 93.7 Å². The van der Waals surface area contributed by atoms with Gasteiger partial charge in [0, 0.05) is 17.0 Å². The normalized spacial score (nSPS) is 12.6. The predicted molar refractivity (Wildman–Crippen MR) is 101 cm³/mol. The molecule has 1 aliphatic rings. The zero-order valence-corrected chi connectivity index (χ0v) is 15.4. The lowest BCUT2D eigenvalue weighted by molar-refractivity contribution is -0.124. The van der Waals surface area contributed by atoms with Crippen LogP contribution in [0, 0.1) is 0 Å². The maximum atomic E-state index is 12.1. The number of carbonyl (C=O) groups excluding carboxylic acids is 3. The largest absolute Gasteiger partial charge is 0.496 e. The molecule has 2 aromatic carbocycles. The number of benzene rings is 2. The summed E-state index contributed by atoms with van der Waals surface area (Å²) >= 11 is 1.40. The smallest absolute Gasteiger partial charge is 0.338 e. The minimum Gasteiger partial charge on any atom is -0.496 e. The van der Waals surface area contributed by atoms with Crippen molar-refractivity contribution in [2.24, 2.45) is 0 Å². The molecule has 0 saturated heterocycles. The Morgan fingerprint density at radius 1 is 1.22 bits per heavy atom. The standard InChI is InChI=1S/C19H18N2O5S/c1-25-15-5-3-2-4-13(15)9-20-17(22)10-26-19(24)12-6-7-16-14(8-12)21-18(23)11-27-16/h2-8H,9-11H2,1H3,(H,20,22)(H,21,23). The maximum Gasteiger partial charge on any atom is 0.338 e. The van der Waals surface area contributed by atoms with Gasteiger partial charge in [0.15, 0.2) is 6.61 Å². The van der Waals surface area contributed by atoms with Crippen LogP contribution >= 0.6 is 11.8 Å². The van der Waals surface area contributed by atoms with Crippen molar-refractivity contribution >= 4 is 35.2 Å². The monoisotopic (exact) mass is 386 g/mol. The van der Waals surface area contributed by atoms with Gasteiger partial charge in [0.25, 0.3) is 5.91 Å². The van der Waals surface area contributed by atoms with E-state index >= 15 is 0 Å². The third-order valence-electron chi connectivity index (χ3n) is 3.85. The summed E-state index contributed by atoms with van der Waals surface area (Å²) in [4.78, 5) is 36.4. The minimum absolute atomic E-state index is 0.117. The van der Waals surface area contributed by atoms with E-state index in [1.54, 1.807) is 31.4 Å². The van der Waals surface area contributed by atoms with Crippen LogP contribution in [0.4, 0.5) is 5.69 Å². The molecule has 1 heterocycles. The number of esters is 1. The molecule has 2 aromatic rings. The van der Waals surface area contributed by atoms with Crippen LogP contribution in [0.5, 0.6) is 5.75 Å². The van der Waals surface area contributed by atoms with Gasteiger partial charge < -0.3 is 20.1 Å². The highest BCUT2D eigenvalue weighted by atomic mass is 32.2. The van der Waals surface area contributed by atoms with Crippen molar-refractivity contribution < 1.29 is 23.9 Å². The third-order valence-corrected chi connectivity index (χ3v) is 4.92. The Bertz CT molecular complexity index is 884. The second-order valence-electron chi connectivity index (χ2n) is 5.71. The Morgan fingerprint density at radius 2 is 2.04 bits per heavy atom. The number of nitrogens with one attached hydrogen (secondary N) is 2. The van der Waals surface area contributed by atoms with Crippen LogP contribution in [0.25, 0.3) is 0 Å². The molecular weight excluding hydrogens is 368 g/mol. The molecule has 3 rings (SSSR count). The first kappa shape index (κ1) is 18.8. The highest BCUT2D eigenvalue weighted by molar-refractivity contribution is 8.00. The number of rotatable bonds is 6. The second-order valence-corrected chi connectivity index (χ2v) is 6.73. The Balaban J connectivity index is 1.52. The molecule has 0 unspecified atom stereocenters. The molecule has 0 radical (unpaired) electrons. The van der Waals surface area contributed by atoms with Crippen molar-refractivity contribution in [1.82, 2.24) is 5.32 Å². The molecule has 1 aliphatic heterocycles. The Hall–Kier alpha value is -3.00. The molecule has 0 saturated carbocycles. The van der Waals surface area contributed by atoms with Crippen molar-refractivity contribution in [3.63, 3.8) is 0 Å². The molecule has 2 N–H and O–H groups in total. The Kier molecular flexibility index (Phi) is 5.97. The number of carbonyl (C=O) groups is 3. The number of methoxy groups -OCH3 is 1. The lowest BCUT2D eigenvalue weighted by Crippen LogP contribution is -2.28. The molecule has 7 nitrogen and oxygen atoms in total. The van der Waals surface area contributed by atoms with Crippen LogP contribution in [-0.2, 0) is 20.9 Å². The summed E-state index contributed by atoms with van der Waals surface area (Å²) in [7, 11) is 1.56. The van der Waals surface area contributed by atoms with Gasteiger partial charge in [-0.05, 0) is 24.3 Å². The third kappa shape index (κ3) is 4.79. The van der Waals surface area contributed by atoms with Crippen LogP contribution in [0.1, 0.15) is 15.9 Å². The van der Waals surface area contributed by atoms with Gasteiger partial charge in [0.05, 0.1) is 24.1 Å². The number of anilines is 1. The summed E-state index contributed by atoms with van der Waals surface area (Å²) in [5.74, 6) is -0.146. The first-order chi connectivity index (χ1) is 13.1. The summed E-state index contributed by atoms with van der Waals surface area (Å²) in [6.07, 6.45) is 0. The molecule has 0 spiro atoms. The van der Waals surface area contributed by atoms with Gasteiger partial charge in [-0.2, -0.15) is 0 Å². The highest BCUT2D eigenvalue weighted by Crippen LogP contribution is 2.32. The summed E-state index contributed by atoms with van der Waals surface area (Å²) in [6, 6.07) is 12.2. The van der Waals surface area contributed by atoms with Crippen LogP contribution in [0.3, 0.4) is 0 Å². The molecular formula is C19H18N2O5S. The van der Waals surface area contributed by atoms with E-state index in [4.69, 9.17) is 9.47 Å². The van der Waals surface area contributed by atoms with Crippen molar-refractivity contribution in [3.8, 4) is 5.75 Å². The van der Waals surface area contributed by atoms with Crippen LogP contribution in [0.2, 0.25) is 0 Å². The SMILES string of the molecule is COc1ccccc1CNC(=O)COC(=O)c1ccc2c(c1)NC(=O)CS2. The van der Waals surface area contributed by atoms with Crippen molar-refractivity contribution in [2.75, 3.05) is 24.8 Å². The maximum absolute atomic E-state index is 12.1. The summed E-state index contributed by atoms with van der Waals surface area (Å²) in [5.41, 5.74) is 1.67. The summed E-state index contributed by atoms with van der Waals surface area (Å²) in [6.45, 7) is -0.130. The second kappa shape index (κ2) is 8.59. The highest BCUT2D eigenvalue weighted by Gasteiger charge is 2.18. The van der Waals surface area contributed by atoms with Gasteiger partial charge in [0.2, 0.25) is 5.91 Å².